The van der Waals surface area contributed by atoms with Gasteiger partial charge in [0.25, 0.3) is 0 Å². The van der Waals surface area contributed by atoms with Crippen LogP contribution in [0.1, 0.15) is 16.1 Å². The highest BCUT2D eigenvalue weighted by Crippen LogP contribution is 2.21. The van der Waals surface area contributed by atoms with Crippen LogP contribution in [0.2, 0.25) is 10.0 Å². The summed E-state index contributed by atoms with van der Waals surface area (Å²) in [6, 6.07) is 6.47. The molecule has 4 nitrogen and oxygen atoms in total. The lowest BCUT2D eigenvalue weighted by Crippen LogP contribution is -2.11. The van der Waals surface area contributed by atoms with Crippen molar-refractivity contribution in [2.45, 2.75) is 6.54 Å². The zero-order valence-corrected chi connectivity index (χ0v) is 10.1. The number of carbonyl (C=O) groups is 1. The van der Waals surface area contributed by atoms with Crippen LogP contribution in [0.3, 0.4) is 0 Å². The number of aromatic nitrogens is 2. The molecule has 0 bridgehead atoms. The monoisotopic (exact) mass is 270 g/mol. The van der Waals surface area contributed by atoms with Crippen molar-refractivity contribution in [3.05, 3.63) is 51.8 Å². The summed E-state index contributed by atoms with van der Waals surface area (Å²) < 4.78 is 1.36. The summed E-state index contributed by atoms with van der Waals surface area (Å²) in [5.74, 6) is -1.03. The average molecular weight is 271 g/mol. The van der Waals surface area contributed by atoms with E-state index in [0.29, 0.717) is 10.0 Å². The van der Waals surface area contributed by atoms with Gasteiger partial charge in [-0.2, -0.15) is 5.10 Å². The molecule has 17 heavy (non-hydrogen) atoms. The lowest BCUT2D eigenvalue weighted by atomic mass is 10.2. The van der Waals surface area contributed by atoms with Crippen molar-refractivity contribution >= 4 is 29.2 Å². The molecule has 2 aromatic rings. The Morgan fingerprint density at radius 3 is 2.82 bits per heavy atom. The maximum absolute atomic E-state index is 10.9. The topological polar surface area (TPSA) is 55.1 Å². The molecule has 1 aromatic heterocycles. The standard InChI is InChI=1S/C11H8Cl2N2O2/c12-8-1-2-9(13)7(5-8)6-15-10(11(16)17)3-4-14-15/h1-5H,6H2,(H,16,17). The molecule has 88 valence electrons. The molecule has 0 aliphatic carbocycles. The van der Waals surface area contributed by atoms with Gasteiger partial charge in [0.2, 0.25) is 0 Å². The molecular formula is C11H8Cl2N2O2. The average Bonchev–Trinajstić information content (AvgIpc) is 2.71. The van der Waals surface area contributed by atoms with Gasteiger partial charge in [0, 0.05) is 16.2 Å². The van der Waals surface area contributed by atoms with Gasteiger partial charge in [-0.3, -0.25) is 4.68 Å². The van der Waals surface area contributed by atoms with E-state index >= 15 is 0 Å². The lowest BCUT2D eigenvalue weighted by Gasteiger charge is -2.07. The summed E-state index contributed by atoms with van der Waals surface area (Å²) >= 11 is 11.9. The van der Waals surface area contributed by atoms with Crippen LogP contribution in [-0.4, -0.2) is 20.9 Å². The molecule has 0 saturated carbocycles. The summed E-state index contributed by atoms with van der Waals surface area (Å²) in [5.41, 5.74) is 0.839. The van der Waals surface area contributed by atoms with E-state index in [2.05, 4.69) is 5.10 Å². The second-order valence-corrected chi connectivity index (χ2v) is 4.26. The Bertz CT molecular complexity index is 566. The number of halogens is 2. The third kappa shape index (κ3) is 2.60. The molecule has 1 aromatic carbocycles. The summed E-state index contributed by atoms with van der Waals surface area (Å²) in [4.78, 5) is 10.9. The normalized spacial score (nSPS) is 10.5. The van der Waals surface area contributed by atoms with E-state index in [1.165, 1.54) is 16.9 Å². The van der Waals surface area contributed by atoms with E-state index in [-0.39, 0.29) is 12.2 Å². The van der Waals surface area contributed by atoms with E-state index in [1.807, 2.05) is 0 Å². The first kappa shape index (κ1) is 12.0. The van der Waals surface area contributed by atoms with Gasteiger partial charge in [-0.1, -0.05) is 23.2 Å². The number of hydrogen-bond acceptors (Lipinski definition) is 2. The lowest BCUT2D eigenvalue weighted by molar-refractivity contribution is 0.0684. The summed E-state index contributed by atoms with van der Waals surface area (Å²) in [6.45, 7) is 0.272. The summed E-state index contributed by atoms with van der Waals surface area (Å²) in [7, 11) is 0. The van der Waals surface area contributed by atoms with Crippen LogP contribution in [0.15, 0.2) is 30.5 Å². The van der Waals surface area contributed by atoms with Crippen LogP contribution in [0, 0.1) is 0 Å². The van der Waals surface area contributed by atoms with E-state index in [1.54, 1.807) is 18.2 Å². The second-order valence-electron chi connectivity index (χ2n) is 3.41. The second kappa shape index (κ2) is 4.77. The number of nitrogens with zero attached hydrogens (tertiary/aromatic N) is 2. The SMILES string of the molecule is O=C(O)c1ccnn1Cc1cc(Cl)ccc1Cl. The van der Waals surface area contributed by atoms with Crippen LogP contribution < -0.4 is 0 Å². The molecule has 0 amide bonds. The molecule has 0 radical (unpaired) electrons. The third-order valence-electron chi connectivity index (χ3n) is 2.26. The quantitative estimate of drug-likeness (QED) is 0.933. The molecule has 0 spiro atoms. The van der Waals surface area contributed by atoms with E-state index in [9.17, 15) is 4.79 Å². The van der Waals surface area contributed by atoms with Gasteiger partial charge in [-0.25, -0.2) is 4.79 Å². The fraction of sp³-hybridized carbons (Fsp3) is 0.0909. The van der Waals surface area contributed by atoms with Gasteiger partial charge in [0.15, 0.2) is 0 Å². The molecule has 2 rings (SSSR count). The number of carboxylic acid groups (broad SMARTS) is 1. The molecule has 0 fully saturated rings. The minimum atomic E-state index is -1.03. The Kier molecular flexibility index (Phi) is 3.36. The van der Waals surface area contributed by atoms with Gasteiger partial charge in [-0.05, 0) is 29.8 Å². The molecule has 0 saturated heterocycles. The van der Waals surface area contributed by atoms with Gasteiger partial charge >= 0.3 is 5.97 Å². The molecule has 0 aliphatic rings. The number of hydrogen-bond donors (Lipinski definition) is 1. The molecule has 0 unspecified atom stereocenters. The minimum Gasteiger partial charge on any atom is -0.477 e. The van der Waals surface area contributed by atoms with Crippen molar-refractivity contribution in [1.29, 1.82) is 0 Å². The zero-order chi connectivity index (χ0) is 12.4. The first-order chi connectivity index (χ1) is 8.08. The zero-order valence-electron chi connectivity index (χ0n) is 8.60. The Balaban J connectivity index is 2.34. The number of carboxylic acids is 1. The Morgan fingerprint density at radius 1 is 1.35 bits per heavy atom. The number of aromatic carboxylic acids is 1. The van der Waals surface area contributed by atoms with E-state index in [4.69, 9.17) is 28.3 Å². The molecule has 0 aliphatic heterocycles. The number of benzene rings is 1. The molecule has 1 heterocycles. The van der Waals surface area contributed by atoms with E-state index < -0.39 is 5.97 Å². The maximum Gasteiger partial charge on any atom is 0.354 e. The fourth-order valence-corrected chi connectivity index (χ4v) is 1.84. The smallest absolute Gasteiger partial charge is 0.354 e. The van der Waals surface area contributed by atoms with Crippen LogP contribution in [-0.2, 0) is 6.54 Å². The molecule has 0 atom stereocenters. The van der Waals surface area contributed by atoms with Crippen LogP contribution in [0.4, 0.5) is 0 Å². The third-order valence-corrected chi connectivity index (χ3v) is 2.87. The summed E-state index contributed by atoms with van der Waals surface area (Å²) in [6.07, 6.45) is 1.43. The van der Waals surface area contributed by atoms with Gasteiger partial charge in [-0.15, -0.1) is 0 Å². The van der Waals surface area contributed by atoms with Crippen molar-refractivity contribution in [3.8, 4) is 0 Å². The highest BCUT2D eigenvalue weighted by Gasteiger charge is 2.11. The van der Waals surface area contributed by atoms with Gasteiger partial charge in [0.05, 0.1) is 6.54 Å². The van der Waals surface area contributed by atoms with Crippen LogP contribution in [0.25, 0.3) is 0 Å². The predicted octanol–water partition coefficient (Wildman–Crippen LogP) is 2.94. The van der Waals surface area contributed by atoms with Crippen LogP contribution in [0.5, 0.6) is 0 Å². The van der Waals surface area contributed by atoms with Crippen molar-refractivity contribution in [2.24, 2.45) is 0 Å². The maximum atomic E-state index is 10.9. The Morgan fingerprint density at radius 2 is 2.12 bits per heavy atom. The van der Waals surface area contributed by atoms with Crippen LogP contribution >= 0.6 is 23.2 Å². The fourth-order valence-electron chi connectivity index (χ4n) is 1.47. The van der Waals surface area contributed by atoms with Gasteiger partial charge in [0.1, 0.15) is 5.69 Å². The van der Waals surface area contributed by atoms with E-state index in [0.717, 1.165) is 5.56 Å². The highest BCUT2D eigenvalue weighted by atomic mass is 35.5. The largest absolute Gasteiger partial charge is 0.477 e. The van der Waals surface area contributed by atoms with Gasteiger partial charge < -0.3 is 5.11 Å². The first-order valence-corrected chi connectivity index (χ1v) is 5.52. The highest BCUT2D eigenvalue weighted by molar-refractivity contribution is 6.33. The molecule has 1 N–H and O–H groups in total. The van der Waals surface area contributed by atoms with Crippen molar-refractivity contribution < 1.29 is 9.90 Å². The Labute approximate surface area is 107 Å². The van der Waals surface area contributed by atoms with Crippen molar-refractivity contribution in [3.63, 3.8) is 0 Å². The molecular weight excluding hydrogens is 263 g/mol. The predicted molar refractivity (Wildman–Crippen MR) is 64.8 cm³/mol. The number of rotatable bonds is 3. The van der Waals surface area contributed by atoms with Crippen molar-refractivity contribution in [1.82, 2.24) is 9.78 Å². The first-order valence-electron chi connectivity index (χ1n) is 4.77. The summed E-state index contributed by atoms with van der Waals surface area (Å²) in [5, 5.41) is 14.0. The minimum absolute atomic E-state index is 0.112. The van der Waals surface area contributed by atoms with Crippen molar-refractivity contribution in [2.75, 3.05) is 0 Å². The Hall–Kier alpha value is -1.52. The molecule has 6 heteroatoms.